The lowest BCUT2D eigenvalue weighted by molar-refractivity contribution is -0.140. The third kappa shape index (κ3) is 4.64. The van der Waals surface area contributed by atoms with Crippen LogP contribution in [0.3, 0.4) is 0 Å². The van der Waals surface area contributed by atoms with Gasteiger partial charge in [-0.2, -0.15) is 0 Å². The minimum absolute atomic E-state index is 0.552. The van der Waals surface area contributed by atoms with E-state index in [2.05, 4.69) is 31.2 Å². The number of benzene rings is 1. The Bertz CT molecular complexity index is 398. The van der Waals surface area contributed by atoms with Gasteiger partial charge in [0.15, 0.2) is 0 Å². The Balaban J connectivity index is 0.000000280. The second kappa shape index (κ2) is 7.36. The first-order valence-corrected chi connectivity index (χ1v) is 6.19. The summed E-state index contributed by atoms with van der Waals surface area (Å²) in [5, 5.41) is 15.0. The number of hydrogen-bond acceptors (Lipinski definition) is 3. The van der Waals surface area contributed by atoms with Crippen LogP contribution in [0.15, 0.2) is 24.3 Å². The fourth-order valence-corrected chi connectivity index (χ4v) is 2.26. The molecular weight excluding hydrogens is 254 g/mol. The molecule has 0 fully saturated rings. The van der Waals surface area contributed by atoms with E-state index in [-0.39, 0.29) is 0 Å². The molecule has 1 unspecified atom stereocenters. The molecule has 2 rings (SSSR count). The molecule has 0 saturated carbocycles. The predicted octanol–water partition coefficient (Wildman–Crippen LogP) is 1.87. The van der Waals surface area contributed by atoms with Crippen molar-refractivity contribution in [2.45, 2.75) is 19.3 Å². The molecule has 0 aromatic heterocycles. The Morgan fingerprint density at radius 1 is 1.50 bits per heavy atom. The molecule has 4 nitrogen and oxygen atoms in total. The molecule has 5 heteroatoms. The molecule has 1 aliphatic heterocycles. The molecule has 18 heavy (non-hydrogen) atoms. The smallest absolute Gasteiger partial charge is 0.329 e. The van der Waals surface area contributed by atoms with Gasteiger partial charge in [-0.05, 0) is 35.2 Å². The highest BCUT2D eigenvalue weighted by Gasteiger charge is 2.17. The Hall–Kier alpha value is -1.10. The van der Waals surface area contributed by atoms with Gasteiger partial charge in [-0.15, -0.1) is 0 Å². The zero-order valence-corrected chi connectivity index (χ0v) is 11.1. The third-order valence-corrected chi connectivity index (χ3v) is 3.12. The van der Waals surface area contributed by atoms with Crippen LogP contribution < -0.4 is 0 Å². The zero-order valence-electron chi connectivity index (χ0n) is 10.3. The number of carboxylic acids is 1. The molecule has 2 N–H and O–H groups in total. The summed E-state index contributed by atoms with van der Waals surface area (Å²) in [7, 11) is 0. The van der Waals surface area contributed by atoms with Crippen molar-refractivity contribution in [3.8, 4) is 0 Å². The van der Waals surface area contributed by atoms with Crippen LogP contribution >= 0.6 is 11.8 Å². The molecule has 1 aliphatic rings. The lowest BCUT2D eigenvalue weighted by Gasteiger charge is -2.14. The molecule has 1 aromatic carbocycles. The van der Waals surface area contributed by atoms with E-state index in [0.717, 1.165) is 19.5 Å². The van der Waals surface area contributed by atoms with Crippen molar-refractivity contribution >= 4 is 17.7 Å². The average molecular weight is 272 g/mol. The lowest BCUT2D eigenvalue weighted by atomic mass is 9.96. The topological polar surface area (TPSA) is 60.8 Å². The maximum atomic E-state index is 9.12. The van der Waals surface area contributed by atoms with Crippen molar-refractivity contribution in [1.29, 1.82) is 0 Å². The van der Waals surface area contributed by atoms with Crippen LogP contribution in [0, 0.1) is 0 Å². The van der Waals surface area contributed by atoms with Crippen molar-refractivity contribution in [2.24, 2.45) is 0 Å². The monoisotopic (exact) mass is 271 g/mol. The van der Waals surface area contributed by atoms with E-state index in [1.807, 2.05) is 4.42 Å². The molecule has 0 radical (unpaired) electrons. The summed E-state index contributed by atoms with van der Waals surface area (Å²) in [6.07, 6.45) is 1.07. The fourth-order valence-electron chi connectivity index (χ4n) is 1.97. The molecule has 0 aliphatic carbocycles. The third-order valence-electron chi connectivity index (χ3n) is 2.82. The summed E-state index contributed by atoms with van der Waals surface area (Å²) in [5.74, 6) is -0.638. The minimum atomic E-state index is -1.19. The van der Waals surface area contributed by atoms with Crippen molar-refractivity contribution < 1.29 is 15.0 Å². The van der Waals surface area contributed by atoms with Gasteiger partial charge in [0, 0.05) is 13.1 Å². The summed E-state index contributed by atoms with van der Waals surface area (Å²) in [6.45, 7) is 3.38. The highest BCUT2D eigenvalue weighted by molar-refractivity contribution is 6.13. The first-order chi connectivity index (χ1) is 8.54. The summed E-state index contributed by atoms with van der Waals surface area (Å²) in [5.41, 5.74) is 2.92. The number of fused-ring (bicyclic) bond motifs is 1. The first kappa shape index (κ1) is 15.0. The maximum absolute atomic E-state index is 9.12. The lowest BCUT2D eigenvalue weighted by Crippen LogP contribution is -2.16. The average Bonchev–Trinajstić information content (AvgIpc) is 2.50. The van der Waals surface area contributed by atoms with Gasteiger partial charge < -0.3 is 10.2 Å². The van der Waals surface area contributed by atoms with Crippen LogP contribution in [-0.2, 0) is 11.2 Å². The zero-order chi connectivity index (χ0) is 13.5. The van der Waals surface area contributed by atoms with Crippen molar-refractivity contribution in [2.75, 3.05) is 19.7 Å². The molecule has 0 amide bonds. The van der Waals surface area contributed by atoms with Gasteiger partial charge >= 0.3 is 5.97 Å². The molecule has 1 atom stereocenters. The normalized spacial score (nSPS) is 19.2. The number of nitrogens with zero attached hydrogens (tertiary/aromatic N) is 1. The van der Waals surface area contributed by atoms with Crippen molar-refractivity contribution in [3.05, 3.63) is 35.4 Å². The van der Waals surface area contributed by atoms with E-state index in [4.69, 9.17) is 26.8 Å². The summed E-state index contributed by atoms with van der Waals surface area (Å²) in [6, 6.07) is 8.65. The van der Waals surface area contributed by atoms with Crippen LogP contribution in [0.25, 0.3) is 0 Å². The van der Waals surface area contributed by atoms with Gasteiger partial charge in [0.05, 0.1) is 0 Å². The number of carbonyl (C=O) groups is 1. The molecule has 0 bridgehead atoms. The molecule has 1 heterocycles. The second-order valence-electron chi connectivity index (χ2n) is 4.27. The van der Waals surface area contributed by atoms with Crippen LogP contribution in [0.4, 0.5) is 0 Å². The summed E-state index contributed by atoms with van der Waals surface area (Å²) >= 11 is 6.04. The fraction of sp³-hybridized carbons (Fsp3) is 0.462. The van der Waals surface area contributed by atoms with Gasteiger partial charge in [-0.1, -0.05) is 31.2 Å². The van der Waals surface area contributed by atoms with Crippen LogP contribution in [-0.4, -0.2) is 40.3 Å². The Morgan fingerprint density at radius 3 is 2.72 bits per heavy atom. The van der Waals surface area contributed by atoms with Gasteiger partial charge in [0.25, 0.3) is 0 Å². The van der Waals surface area contributed by atoms with E-state index in [1.54, 1.807) is 0 Å². The second-order valence-corrected chi connectivity index (χ2v) is 4.75. The van der Waals surface area contributed by atoms with Gasteiger partial charge in [0.1, 0.15) is 6.61 Å². The highest BCUT2D eigenvalue weighted by Crippen LogP contribution is 2.25. The number of hydrogen-bond donors (Lipinski definition) is 2. The van der Waals surface area contributed by atoms with Crippen molar-refractivity contribution in [1.82, 2.24) is 4.42 Å². The number of aliphatic hydroxyl groups excluding tert-OH is 1. The standard InChI is InChI=1S/C11H14ClN.C2H4O3/c1-9-8-13(12)7-6-10-4-2-3-5-11(9)10;3-1-2(4)5/h2-5,9H,6-8H2,1H3;3H,1H2,(H,4,5). The van der Waals surface area contributed by atoms with Gasteiger partial charge in [-0.25, -0.2) is 9.21 Å². The van der Waals surface area contributed by atoms with E-state index in [9.17, 15) is 0 Å². The van der Waals surface area contributed by atoms with Crippen LogP contribution in [0.2, 0.25) is 0 Å². The van der Waals surface area contributed by atoms with Gasteiger partial charge in [-0.3, -0.25) is 0 Å². The SMILES string of the molecule is CC1CN(Cl)CCc2ccccc21.O=C(O)CO. The Labute approximate surface area is 112 Å². The minimum Gasteiger partial charge on any atom is -0.480 e. The maximum Gasteiger partial charge on any atom is 0.329 e. The number of halogens is 1. The summed E-state index contributed by atoms with van der Waals surface area (Å²) in [4.78, 5) is 9.12. The largest absolute Gasteiger partial charge is 0.480 e. The van der Waals surface area contributed by atoms with Crippen LogP contribution in [0.1, 0.15) is 24.0 Å². The number of rotatable bonds is 1. The first-order valence-electron chi connectivity index (χ1n) is 5.85. The highest BCUT2D eigenvalue weighted by atomic mass is 35.5. The number of aliphatic hydroxyl groups is 1. The molecule has 1 aromatic rings. The van der Waals surface area contributed by atoms with E-state index >= 15 is 0 Å². The Morgan fingerprint density at radius 2 is 2.11 bits per heavy atom. The quantitative estimate of drug-likeness (QED) is 0.766. The predicted molar refractivity (Wildman–Crippen MR) is 70.7 cm³/mol. The van der Waals surface area contributed by atoms with E-state index < -0.39 is 12.6 Å². The number of carboxylic acid groups (broad SMARTS) is 1. The molecule has 0 spiro atoms. The summed E-state index contributed by atoms with van der Waals surface area (Å²) < 4.78 is 1.89. The molecule has 100 valence electrons. The van der Waals surface area contributed by atoms with E-state index in [1.165, 1.54) is 11.1 Å². The van der Waals surface area contributed by atoms with Crippen LogP contribution in [0.5, 0.6) is 0 Å². The molecular formula is C13H18ClNO3. The number of aliphatic carboxylic acids is 1. The molecule has 0 saturated heterocycles. The Kier molecular flexibility index (Phi) is 6.12. The van der Waals surface area contributed by atoms with Crippen molar-refractivity contribution in [3.63, 3.8) is 0 Å². The van der Waals surface area contributed by atoms with E-state index in [0.29, 0.717) is 5.92 Å². The van der Waals surface area contributed by atoms with Gasteiger partial charge in [0.2, 0.25) is 0 Å².